The van der Waals surface area contributed by atoms with Crippen LogP contribution in [0.25, 0.3) is 0 Å². The molecular formula is C9H16O3. The van der Waals surface area contributed by atoms with E-state index in [0.717, 1.165) is 6.42 Å². The van der Waals surface area contributed by atoms with Crippen molar-refractivity contribution in [2.45, 2.75) is 26.7 Å². The summed E-state index contributed by atoms with van der Waals surface area (Å²) >= 11 is 0. The zero-order valence-electron chi connectivity index (χ0n) is 7.67. The van der Waals surface area contributed by atoms with Gasteiger partial charge in [0.2, 0.25) is 0 Å². The first-order valence-electron chi connectivity index (χ1n) is 4.17. The molecule has 1 N–H and O–H groups in total. The summed E-state index contributed by atoms with van der Waals surface area (Å²) in [5.41, 5.74) is 0.567. The lowest BCUT2D eigenvalue weighted by atomic mass is 10.2. The molecule has 0 aromatic carbocycles. The molecule has 0 bridgehead atoms. The van der Waals surface area contributed by atoms with E-state index in [4.69, 9.17) is 9.84 Å². The Labute approximate surface area is 73.0 Å². The summed E-state index contributed by atoms with van der Waals surface area (Å²) in [6.07, 6.45) is 3.02. The second kappa shape index (κ2) is 6.85. The maximum Gasteiger partial charge on any atom is 0.333 e. The van der Waals surface area contributed by atoms with E-state index in [0.29, 0.717) is 18.6 Å². The minimum Gasteiger partial charge on any atom is -0.462 e. The van der Waals surface area contributed by atoms with E-state index in [-0.39, 0.29) is 12.6 Å². The maximum absolute atomic E-state index is 11.0. The summed E-state index contributed by atoms with van der Waals surface area (Å²) in [7, 11) is 0. The molecule has 0 rings (SSSR count). The molecule has 0 radical (unpaired) electrons. The van der Waals surface area contributed by atoms with Crippen molar-refractivity contribution in [3.05, 3.63) is 11.6 Å². The van der Waals surface area contributed by atoms with Crippen LogP contribution in [-0.2, 0) is 9.53 Å². The van der Waals surface area contributed by atoms with Crippen molar-refractivity contribution in [2.75, 3.05) is 13.2 Å². The number of aliphatic hydroxyl groups is 1. The maximum atomic E-state index is 11.0. The van der Waals surface area contributed by atoms with Crippen molar-refractivity contribution >= 4 is 5.97 Å². The summed E-state index contributed by atoms with van der Waals surface area (Å²) in [6, 6.07) is 0. The Balaban J connectivity index is 3.75. The SMILES string of the molecule is CCCOC(=O)/C(C)=C/CCO. The molecule has 0 saturated carbocycles. The topological polar surface area (TPSA) is 46.5 Å². The number of ether oxygens (including phenoxy) is 1. The summed E-state index contributed by atoms with van der Waals surface area (Å²) in [5.74, 6) is -0.287. The second-order valence-electron chi connectivity index (χ2n) is 2.54. The van der Waals surface area contributed by atoms with Crippen LogP contribution in [0, 0.1) is 0 Å². The molecule has 3 nitrogen and oxygen atoms in total. The van der Waals surface area contributed by atoms with E-state index in [1.54, 1.807) is 13.0 Å². The highest BCUT2D eigenvalue weighted by molar-refractivity contribution is 5.87. The van der Waals surface area contributed by atoms with Crippen LogP contribution in [0.15, 0.2) is 11.6 Å². The molecule has 12 heavy (non-hydrogen) atoms. The largest absolute Gasteiger partial charge is 0.462 e. The third-order valence-electron chi connectivity index (χ3n) is 1.34. The summed E-state index contributed by atoms with van der Waals surface area (Å²) in [5, 5.41) is 8.48. The average Bonchev–Trinajstić information content (AvgIpc) is 2.10. The normalized spacial score (nSPS) is 11.4. The van der Waals surface area contributed by atoms with Gasteiger partial charge in [-0.3, -0.25) is 0 Å². The smallest absolute Gasteiger partial charge is 0.333 e. The number of hydrogen-bond acceptors (Lipinski definition) is 3. The minimum absolute atomic E-state index is 0.0679. The fourth-order valence-electron chi connectivity index (χ4n) is 0.673. The fourth-order valence-corrected chi connectivity index (χ4v) is 0.673. The number of carbonyl (C=O) groups excluding carboxylic acids is 1. The molecule has 0 heterocycles. The van der Waals surface area contributed by atoms with E-state index in [1.165, 1.54) is 0 Å². The standard InChI is InChI=1S/C9H16O3/c1-3-7-12-9(11)8(2)5-4-6-10/h5,10H,3-4,6-7H2,1-2H3/b8-5+. The minimum atomic E-state index is -0.287. The van der Waals surface area contributed by atoms with Crippen molar-refractivity contribution in [1.29, 1.82) is 0 Å². The Morgan fingerprint density at radius 1 is 1.58 bits per heavy atom. The Hall–Kier alpha value is -0.830. The highest BCUT2D eigenvalue weighted by Gasteiger charge is 2.02. The van der Waals surface area contributed by atoms with Crippen LogP contribution in [0.2, 0.25) is 0 Å². The lowest BCUT2D eigenvalue weighted by Crippen LogP contribution is -2.06. The number of carbonyl (C=O) groups is 1. The van der Waals surface area contributed by atoms with Crippen molar-refractivity contribution in [3.63, 3.8) is 0 Å². The Morgan fingerprint density at radius 2 is 2.25 bits per heavy atom. The molecule has 0 aromatic rings. The van der Waals surface area contributed by atoms with Crippen molar-refractivity contribution in [2.24, 2.45) is 0 Å². The van der Waals surface area contributed by atoms with Crippen LogP contribution in [0.4, 0.5) is 0 Å². The van der Waals surface area contributed by atoms with Gasteiger partial charge < -0.3 is 9.84 Å². The molecule has 0 unspecified atom stereocenters. The zero-order valence-corrected chi connectivity index (χ0v) is 7.67. The fraction of sp³-hybridized carbons (Fsp3) is 0.667. The molecule has 0 saturated heterocycles. The number of aliphatic hydroxyl groups excluding tert-OH is 1. The van der Waals surface area contributed by atoms with Gasteiger partial charge in [0.05, 0.1) is 6.61 Å². The molecule has 3 heteroatoms. The summed E-state index contributed by atoms with van der Waals surface area (Å²) < 4.78 is 4.86. The third kappa shape index (κ3) is 4.91. The second-order valence-corrected chi connectivity index (χ2v) is 2.54. The van der Waals surface area contributed by atoms with Gasteiger partial charge in [-0.25, -0.2) is 4.79 Å². The van der Waals surface area contributed by atoms with Crippen molar-refractivity contribution in [1.82, 2.24) is 0 Å². The molecule has 0 aliphatic rings. The Bertz CT molecular complexity index is 161. The van der Waals surface area contributed by atoms with Gasteiger partial charge in [-0.05, 0) is 19.8 Å². The summed E-state index contributed by atoms with van der Waals surface area (Å²) in [6.45, 7) is 4.16. The Kier molecular flexibility index (Phi) is 6.38. The number of hydrogen-bond donors (Lipinski definition) is 1. The van der Waals surface area contributed by atoms with Gasteiger partial charge in [0.15, 0.2) is 0 Å². The average molecular weight is 172 g/mol. The van der Waals surface area contributed by atoms with Gasteiger partial charge in [-0.1, -0.05) is 13.0 Å². The first-order chi connectivity index (χ1) is 5.72. The van der Waals surface area contributed by atoms with E-state index in [2.05, 4.69) is 0 Å². The molecule has 0 aromatic heterocycles. The van der Waals surface area contributed by atoms with Crippen molar-refractivity contribution < 1.29 is 14.6 Å². The molecule has 0 fully saturated rings. The monoisotopic (exact) mass is 172 g/mol. The number of rotatable bonds is 5. The zero-order chi connectivity index (χ0) is 9.40. The molecule has 0 aliphatic carbocycles. The molecule has 0 aliphatic heterocycles. The van der Waals surface area contributed by atoms with E-state index in [9.17, 15) is 4.79 Å². The van der Waals surface area contributed by atoms with Gasteiger partial charge >= 0.3 is 5.97 Å². The predicted octanol–water partition coefficient (Wildman–Crippen LogP) is 1.27. The van der Waals surface area contributed by atoms with Gasteiger partial charge in [0.25, 0.3) is 0 Å². The molecular weight excluding hydrogens is 156 g/mol. The van der Waals surface area contributed by atoms with Gasteiger partial charge in [0.1, 0.15) is 0 Å². The molecule has 0 atom stereocenters. The lowest BCUT2D eigenvalue weighted by molar-refractivity contribution is -0.139. The van der Waals surface area contributed by atoms with Crippen molar-refractivity contribution in [3.8, 4) is 0 Å². The summed E-state index contributed by atoms with van der Waals surface area (Å²) in [4.78, 5) is 11.0. The van der Waals surface area contributed by atoms with Crippen LogP contribution < -0.4 is 0 Å². The lowest BCUT2D eigenvalue weighted by Gasteiger charge is -2.01. The molecule has 70 valence electrons. The predicted molar refractivity (Wildman–Crippen MR) is 46.7 cm³/mol. The number of esters is 1. The van der Waals surface area contributed by atoms with Crippen LogP contribution in [0.3, 0.4) is 0 Å². The quantitative estimate of drug-likeness (QED) is 0.501. The highest BCUT2D eigenvalue weighted by Crippen LogP contribution is 1.98. The van der Waals surface area contributed by atoms with E-state index in [1.807, 2.05) is 6.92 Å². The third-order valence-corrected chi connectivity index (χ3v) is 1.34. The molecule has 0 spiro atoms. The van der Waals surface area contributed by atoms with E-state index >= 15 is 0 Å². The first-order valence-corrected chi connectivity index (χ1v) is 4.17. The van der Waals surface area contributed by atoms with E-state index < -0.39 is 0 Å². The van der Waals surface area contributed by atoms with Gasteiger partial charge in [0, 0.05) is 12.2 Å². The van der Waals surface area contributed by atoms with Gasteiger partial charge in [-0.2, -0.15) is 0 Å². The molecule has 0 amide bonds. The van der Waals surface area contributed by atoms with Crippen LogP contribution >= 0.6 is 0 Å². The highest BCUT2D eigenvalue weighted by atomic mass is 16.5. The van der Waals surface area contributed by atoms with Gasteiger partial charge in [-0.15, -0.1) is 0 Å². The van der Waals surface area contributed by atoms with Crippen LogP contribution in [0.1, 0.15) is 26.7 Å². The Morgan fingerprint density at radius 3 is 2.75 bits per heavy atom. The van der Waals surface area contributed by atoms with Crippen LogP contribution in [-0.4, -0.2) is 24.3 Å². The first kappa shape index (κ1) is 11.2. The van der Waals surface area contributed by atoms with Crippen LogP contribution in [0.5, 0.6) is 0 Å².